The molecule has 92 valence electrons. The zero-order valence-corrected chi connectivity index (χ0v) is 10.0. The Morgan fingerprint density at radius 1 is 1.12 bits per heavy atom. The van der Waals surface area contributed by atoms with Crippen LogP contribution in [0.3, 0.4) is 0 Å². The fourth-order valence-electron chi connectivity index (χ4n) is 0.883. The molecule has 0 atom stereocenters. The Labute approximate surface area is 101 Å². The van der Waals surface area contributed by atoms with Crippen LogP contribution in [0.4, 0.5) is 0 Å². The first-order chi connectivity index (χ1) is 7.70. The molecule has 0 aromatic carbocycles. The van der Waals surface area contributed by atoms with Crippen molar-refractivity contribution in [2.24, 2.45) is 0 Å². The number of halogens is 1. The van der Waals surface area contributed by atoms with Crippen molar-refractivity contribution in [2.75, 3.05) is 19.1 Å². The zero-order chi connectivity index (χ0) is 12.2. The van der Waals surface area contributed by atoms with Gasteiger partial charge in [-0.15, -0.1) is 11.6 Å². The molecule has 0 fully saturated rings. The lowest BCUT2D eigenvalue weighted by molar-refractivity contribution is -0.149. The molecule has 0 aliphatic carbocycles. The standard InChI is InChI=1S/C11H17ClO4/c1-2-8-15-10(13)5-6-11(14)16-9-4-3-7-12/h2H,1,3-9H2. The minimum absolute atomic E-state index is 0.0438. The fraction of sp³-hybridized carbons (Fsp3) is 0.636. The van der Waals surface area contributed by atoms with Gasteiger partial charge < -0.3 is 9.47 Å². The Kier molecular flexibility index (Phi) is 9.81. The Hall–Kier alpha value is -1.03. The van der Waals surface area contributed by atoms with Crippen LogP contribution in [0.2, 0.25) is 0 Å². The van der Waals surface area contributed by atoms with Crippen LogP contribution in [-0.4, -0.2) is 31.0 Å². The summed E-state index contributed by atoms with van der Waals surface area (Å²) in [6, 6.07) is 0. The molecule has 0 heterocycles. The van der Waals surface area contributed by atoms with Gasteiger partial charge in [0.25, 0.3) is 0 Å². The monoisotopic (exact) mass is 248 g/mol. The van der Waals surface area contributed by atoms with Crippen LogP contribution in [0.25, 0.3) is 0 Å². The van der Waals surface area contributed by atoms with Crippen molar-refractivity contribution in [3.05, 3.63) is 12.7 Å². The molecule has 0 unspecified atom stereocenters. The molecule has 0 aliphatic heterocycles. The minimum Gasteiger partial charge on any atom is -0.466 e. The molecular weight excluding hydrogens is 232 g/mol. The Balaban J connectivity index is 3.42. The summed E-state index contributed by atoms with van der Waals surface area (Å²) in [5, 5.41) is 0. The van der Waals surface area contributed by atoms with E-state index in [1.54, 1.807) is 0 Å². The van der Waals surface area contributed by atoms with Gasteiger partial charge in [0.05, 0.1) is 19.4 Å². The highest BCUT2D eigenvalue weighted by atomic mass is 35.5. The van der Waals surface area contributed by atoms with E-state index in [1.807, 2.05) is 0 Å². The van der Waals surface area contributed by atoms with Gasteiger partial charge in [-0.05, 0) is 12.8 Å². The van der Waals surface area contributed by atoms with Gasteiger partial charge in [-0.3, -0.25) is 9.59 Å². The number of rotatable bonds is 9. The summed E-state index contributed by atoms with van der Waals surface area (Å²) in [5.41, 5.74) is 0. The number of alkyl halides is 1. The number of ether oxygens (including phenoxy) is 2. The van der Waals surface area contributed by atoms with E-state index in [-0.39, 0.29) is 25.4 Å². The minimum atomic E-state index is -0.419. The lowest BCUT2D eigenvalue weighted by Crippen LogP contribution is -2.11. The third-order valence-electron chi connectivity index (χ3n) is 1.69. The lowest BCUT2D eigenvalue weighted by Gasteiger charge is -2.04. The summed E-state index contributed by atoms with van der Waals surface area (Å²) < 4.78 is 9.58. The van der Waals surface area contributed by atoms with E-state index < -0.39 is 5.97 Å². The Bertz CT molecular complexity index is 228. The summed E-state index contributed by atoms with van der Waals surface area (Å²) in [6.07, 6.45) is 3.13. The van der Waals surface area contributed by atoms with E-state index >= 15 is 0 Å². The molecule has 0 aromatic heterocycles. The summed E-state index contributed by atoms with van der Waals surface area (Å²) in [5.74, 6) is -0.242. The first kappa shape index (κ1) is 15.0. The Morgan fingerprint density at radius 2 is 1.75 bits per heavy atom. The van der Waals surface area contributed by atoms with Gasteiger partial charge >= 0.3 is 11.9 Å². The maximum absolute atomic E-state index is 11.1. The quantitative estimate of drug-likeness (QED) is 0.271. The predicted octanol–water partition coefficient (Wildman–Crippen LogP) is 2.06. The highest BCUT2D eigenvalue weighted by Gasteiger charge is 2.08. The van der Waals surface area contributed by atoms with E-state index in [2.05, 4.69) is 6.58 Å². The molecule has 0 aliphatic rings. The third-order valence-corrected chi connectivity index (χ3v) is 1.95. The average Bonchev–Trinajstić information content (AvgIpc) is 2.29. The zero-order valence-electron chi connectivity index (χ0n) is 9.25. The van der Waals surface area contributed by atoms with E-state index in [1.165, 1.54) is 6.08 Å². The molecule has 4 nitrogen and oxygen atoms in total. The second-order valence-corrected chi connectivity index (χ2v) is 3.47. The van der Waals surface area contributed by atoms with Gasteiger partial charge in [-0.25, -0.2) is 0 Å². The van der Waals surface area contributed by atoms with Crippen molar-refractivity contribution in [3.63, 3.8) is 0 Å². The van der Waals surface area contributed by atoms with Crippen molar-refractivity contribution in [3.8, 4) is 0 Å². The number of unbranched alkanes of at least 4 members (excludes halogenated alkanes) is 1. The van der Waals surface area contributed by atoms with Crippen LogP contribution in [0.5, 0.6) is 0 Å². The van der Waals surface area contributed by atoms with Crippen molar-refractivity contribution in [2.45, 2.75) is 25.7 Å². The second-order valence-electron chi connectivity index (χ2n) is 3.09. The molecule has 0 rings (SSSR count). The van der Waals surface area contributed by atoms with Crippen molar-refractivity contribution < 1.29 is 19.1 Å². The molecule has 0 bridgehead atoms. The van der Waals surface area contributed by atoms with Gasteiger partial charge in [0.1, 0.15) is 6.61 Å². The van der Waals surface area contributed by atoms with Gasteiger partial charge in [0.15, 0.2) is 0 Å². The number of esters is 2. The molecule has 0 saturated carbocycles. The van der Waals surface area contributed by atoms with Gasteiger partial charge in [-0.2, -0.15) is 0 Å². The first-order valence-electron chi connectivity index (χ1n) is 5.18. The molecule has 5 heteroatoms. The van der Waals surface area contributed by atoms with Crippen molar-refractivity contribution in [1.29, 1.82) is 0 Å². The normalized spacial score (nSPS) is 9.56. The van der Waals surface area contributed by atoms with Crippen LogP contribution >= 0.6 is 11.6 Å². The molecule has 0 aromatic rings. The van der Waals surface area contributed by atoms with E-state index in [0.29, 0.717) is 12.5 Å². The second kappa shape index (κ2) is 10.5. The molecule has 16 heavy (non-hydrogen) atoms. The van der Waals surface area contributed by atoms with Crippen molar-refractivity contribution in [1.82, 2.24) is 0 Å². The van der Waals surface area contributed by atoms with Gasteiger partial charge in [0, 0.05) is 5.88 Å². The molecule has 0 saturated heterocycles. The van der Waals surface area contributed by atoms with Gasteiger partial charge in [0.2, 0.25) is 0 Å². The first-order valence-corrected chi connectivity index (χ1v) is 5.72. The molecule has 0 spiro atoms. The fourth-order valence-corrected chi connectivity index (χ4v) is 1.07. The number of hydrogen-bond acceptors (Lipinski definition) is 4. The maximum atomic E-state index is 11.1. The molecular formula is C11H17ClO4. The maximum Gasteiger partial charge on any atom is 0.306 e. The predicted molar refractivity (Wildman–Crippen MR) is 61.3 cm³/mol. The molecule has 0 radical (unpaired) electrons. The summed E-state index contributed by atoms with van der Waals surface area (Å²) in [7, 11) is 0. The van der Waals surface area contributed by atoms with Crippen LogP contribution in [0.15, 0.2) is 12.7 Å². The summed E-state index contributed by atoms with van der Waals surface area (Å²) in [4.78, 5) is 22.1. The number of carbonyl (C=O) groups excluding carboxylic acids is 2. The van der Waals surface area contributed by atoms with Crippen LogP contribution in [0, 0.1) is 0 Å². The largest absolute Gasteiger partial charge is 0.466 e. The van der Waals surface area contributed by atoms with Crippen molar-refractivity contribution >= 4 is 23.5 Å². The highest BCUT2D eigenvalue weighted by molar-refractivity contribution is 6.17. The third kappa shape index (κ3) is 9.52. The average molecular weight is 249 g/mol. The summed E-state index contributed by atoms with van der Waals surface area (Å²) in [6.45, 7) is 3.93. The Morgan fingerprint density at radius 3 is 2.31 bits per heavy atom. The number of hydrogen-bond donors (Lipinski definition) is 0. The van der Waals surface area contributed by atoms with Crippen LogP contribution in [0.1, 0.15) is 25.7 Å². The highest BCUT2D eigenvalue weighted by Crippen LogP contribution is 1.98. The van der Waals surface area contributed by atoms with E-state index in [0.717, 1.165) is 12.8 Å². The van der Waals surface area contributed by atoms with Gasteiger partial charge in [-0.1, -0.05) is 12.7 Å². The molecule has 0 N–H and O–H groups in total. The van der Waals surface area contributed by atoms with Crippen LogP contribution in [-0.2, 0) is 19.1 Å². The van der Waals surface area contributed by atoms with E-state index in [9.17, 15) is 9.59 Å². The SMILES string of the molecule is C=CCOC(=O)CCC(=O)OCCCCCl. The smallest absolute Gasteiger partial charge is 0.306 e. The molecule has 0 amide bonds. The number of carbonyl (C=O) groups is 2. The lowest BCUT2D eigenvalue weighted by atomic mass is 10.3. The van der Waals surface area contributed by atoms with E-state index in [4.69, 9.17) is 21.1 Å². The van der Waals surface area contributed by atoms with Crippen LogP contribution < -0.4 is 0 Å². The summed E-state index contributed by atoms with van der Waals surface area (Å²) >= 11 is 5.46. The topological polar surface area (TPSA) is 52.6 Å².